The van der Waals surface area contributed by atoms with Gasteiger partial charge >= 0.3 is 0 Å². The summed E-state index contributed by atoms with van der Waals surface area (Å²) in [5.41, 5.74) is 0.814. The number of para-hydroxylation sites is 1. The minimum atomic E-state index is -0.527. The van der Waals surface area contributed by atoms with Gasteiger partial charge in [0.1, 0.15) is 12.2 Å². The molecule has 2 aromatic carbocycles. The Hall–Kier alpha value is -3.81. The maximum Gasteiger partial charge on any atom is 0.261 e. The van der Waals surface area contributed by atoms with Gasteiger partial charge in [-0.05, 0) is 36.4 Å². The zero-order chi connectivity index (χ0) is 18.8. The summed E-state index contributed by atoms with van der Waals surface area (Å²) in [5, 5.41) is 6.99. The largest absolute Gasteiger partial charge is 0.324 e. The molecule has 7 nitrogen and oxygen atoms in total. The highest BCUT2D eigenvalue weighted by Gasteiger charge is 2.10. The van der Waals surface area contributed by atoms with E-state index in [0.29, 0.717) is 10.9 Å². The number of amides is 1. The van der Waals surface area contributed by atoms with Crippen LogP contribution in [-0.2, 0) is 11.3 Å². The molecule has 0 radical (unpaired) electrons. The summed E-state index contributed by atoms with van der Waals surface area (Å²) in [6, 6.07) is 12.9. The first-order chi connectivity index (χ1) is 13.1. The van der Waals surface area contributed by atoms with Crippen molar-refractivity contribution in [2.24, 2.45) is 0 Å². The minimum Gasteiger partial charge on any atom is -0.324 e. The van der Waals surface area contributed by atoms with Crippen LogP contribution >= 0.6 is 0 Å². The van der Waals surface area contributed by atoms with E-state index in [2.05, 4.69) is 15.4 Å². The summed E-state index contributed by atoms with van der Waals surface area (Å²) in [5.74, 6) is -0.985. The lowest BCUT2D eigenvalue weighted by atomic mass is 10.2. The summed E-state index contributed by atoms with van der Waals surface area (Å²) < 4.78 is 16.9. The predicted molar refractivity (Wildman–Crippen MR) is 98.2 cm³/mol. The number of nitrogens with zero attached hydrogens (tertiary/aromatic N) is 4. The van der Waals surface area contributed by atoms with Gasteiger partial charge < -0.3 is 5.32 Å². The molecule has 27 heavy (non-hydrogen) atoms. The second kappa shape index (κ2) is 6.83. The highest BCUT2D eigenvalue weighted by atomic mass is 19.1. The van der Waals surface area contributed by atoms with Gasteiger partial charge in [-0.25, -0.2) is 14.1 Å². The molecule has 2 aromatic heterocycles. The minimum absolute atomic E-state index is 0.223. The second-order valence-electron chi connectivity index (χ2n) is 5.86. The quantitative estimate of drug-likeness (QED) is 0.603. The van der Waals surface area contributed by atoms with Crippen LogP contribution in [0.15, 0.2) is 72.0 Å². The van der Waals surface area contributed by atoms with Gasteiger partial charge in [-0.2, -0.15) is 5.10 Å². The zero-order valence-electron chi connectivity index (χ0n) is 14.0. The van der Waals surface area contributed by atoms with Gasteiger partial charge in [-0.3, -0.25) is 14.2 Å². The molecular weight excluding hydrogens is 349 g/mol. The topological polar surface area (TPSA) is 81.8 Å². The Labute approximate surface area is 152 Å². The van der Waals surface area contributed by atoms with Crippen molar-refractivity contribution in [1.29, 1.82) is 0 Å². The third kappa shape index (κ3) is 3.32. The van der Waals surface area contributed by atoms with Crippen molar-refractivity contribution >= 4 is 22.5 Å². The molecule has 134 valence electrons. The number of hydrogen-bond acceptors (Lipinski definition) is 4. The Morgan fingerprint density at radius 1 is 1.15 bits per heavy atom. The van der Waals surface area contributed by atoms with Gasteiger partial charge in [-0.1, -0.05) is 12.1 Å². The molecule has 0 atom stereocenters. The fourth-order valence-electron chi connectivity index (χ4n) is 2.76. The molecule has 0 spiro atoms. The molecule has 8 heteroatoms. The summed E-state index contributed by atoms with van der Waals surface area (Å²) in [4.78, 5) is 28.8. The van der Waals surface area contributed by atoms with E-state index < -0.39 is 11.7 Å². The number of hydrogen-bond donors (Lipinski definition) is 1. The first-order valence-electron chi connectivity index (χ1n) is 8.15. The molecular formula is C19H14FN5O2. The first kappa shape index (κ1) is 16.6. The van der Waals surface area contributed by atoms with Crippen LogP contribution in [0.2, 0.25) is 0 Å². The normalized spacial score (nSPS) is 10.9. The molecule has 1 N–H and O–H groups in total. The maximum atomic E-state index is 14.3. The number of carbonyl (C=O) groups excluding carboxylic acids is 1. The van der Waals surface area contributed by atoms with Crippen molar-refractivity contribution in [3.63, 3.8) is 0 Å². The van der Waals surface area contributed by atoms with Crippen LogP contribution in [0.25, 0.3) is 16.6 Å². The average molecular weight is 363 g/mol. The lowest BCUT2D eigenvalue weighted by Crippen LogP contribution is -2.27. The van der Waals surface area contributed by atoms with Crippen LogP contribution in [-0.4, -0.2) is 25.2 Å². The zero-order valence-corrected chi connectivity index (χ0v) is 14.0. The van der Waals surface area contributed by atoms with Crippen molar-refractivity contribution in [2.75, 3.05) is 5.32 Å². The Kier molecular flexibility index (Phi) is 4.21. The van der Waals surface area contributed by atoms with E-state index in [1.807, 2.05) is 0 Å². The smallest absolute Gasteiger partial charge is 0.261 e. The Bertz CT molecular complexity index is 1180. The van der Waals surface area contributed by atoms with Gasteiger partial charge in [0.15, 0.2) is 5.82 Å². The van der Waals surface area contributed by atoms with E-state index in [-0.39, 0.29) is 23.5 Å². The summed E-state index contributed by atoms with van der Waals surface area (Å²) >= 11 is 0. The van der Waals surface area contributed by atoms with Crippen molar-refractivity contribution in [3.8, 4) is 5.69 Å². The van der Waals surface area contributed by atoms with Gasteiger partial charge in [0, 0.05) is 18.1 Å². The van der Waals surface area contributed by atoms with Crippen LogP contribution in [0.1, 0.15) is 0 Å². The van der Waals surface area contributed by atoms with Crippen LogP contribution in [0.5, 0.6) is 0 Å². The molecule has 4 rings (SSSR count). The van der Waals surface area contributed by atoms with E-state index in [0.717, 1.165) is 0 Å². The SMILES string of the molecule is O=C(Cn1cnc2ccccc2c1=O)Nc1ccc(-n2cccn2)c(F)c1. The summed E-state index contributed by atoms with van der Waals surface area (Å²) in [7, 11) is 0. The lowest BCUT2D eigenvalue weighted by Gasteiger charge is -2.09. The third-order valence-corrected chi connectivity index (χ3v) is 4.03. The number of rotatable bonds is 4. The maximum absolute atomic E-state index is 14.3. The van der Waals surface area contributed by atoms with E-state index in [9.17, 15) is 14.0 Å². The highest BCUT2D eigenvalue weighted by molar-refractivity contribution is 5.90. The molecule has 2 heterocycles. The molecule has 0 aliphatic carbocycles. The molecule has 1 amide bonds. The van der Waals surface area contributed by atoms with Crippen molar-refractivity contribution < 1.29 is 9.18 Å². The lowest BCUT2D eigenvalue weighted by molar-refractivity contribution is -0.116. The van der Waals surface area contributed by atoms with Gasteiger partial charge in [0.2, 0.25) is 5.91 Å². The molecule has 0 fully saturated rings. The fraction of sp³-hybridized carbons (Fsp3) is 0.0526. The van der Waals surface area contributed by atoms with E-state index >= 15 is 0 Å². The van der Waals surface area contributed by atoms with Crippen molar-refractivity contribution in [2.45, 2.75) is 6.54 Å². The molecule has 0 aliphatic rings. The number of nitrogens with one attached hydrogen (secondary N) is 1. The highest BCUT2D eigenvalue weighted by Crippen LogP contribution is 2.17. The van der Waals surface area contributed by atoms with Crippen molar-refractivity contribution in [3.05, 3.63) is 83.4 Å². The van der Waals surface area contributed by atoms with E-state index in [1.165, 1.54) is 27.7 Å². The molecule has 0 unspecified atom stereocenters. The standard InChI is InChI=1S/C19H14FN5O2/c20-15-10-13(6-7-17(15)25-9-3-8-22-25)23-18(26)11-24-12-21-16-5-2-1-4-14(16)19(24)27/h1-10,12H,11H2,(H,23,26). The van der Waals surface area contributed by atoms with E-state index in [1.54, 1.807) is 48.8 Å². The Morgan fingerprint density at radius 2 is 2.00 bits per heavy atom. The predicted octanol–water partition coefficient (Wildman–Crippen LogP) is 2.36. The number of aromatic nitrogens is 4. The van der Waals surface area contributed by atoms with Crippen LogP contribution < -0.4 is 10.9 Å². The average Bonchev–Trinajstić information content (AvgIpc) is 3.19. The first-order valence-corrected chi connectivity index (χ1v) is 8.15. The third-order valence-electron chi connectivity index (χ3n) is 4.03. The van der Waals surface area contributed by atoms with Gasteiger partial charge in [0.05, 0.1) is 17.2 Å². The van der Waals surface area contributed by atoms with E-state index in [4.69, 9.17) is 0 Å². The number of fused-ring (bicyclic) bond motifs is 1. The van der Waals surface area contributed by atoms with Crippen molar-refractivity contribution in [1.82, 2.24) is 19.3 Å². The van der Waals surface area contributed by atoms with Crippen LogP contribution in [0.4, 0.5) is 10.1 Å². The number of benzene rings is 2. The second-order valence-corrected chi connectivity index (χ2v) is 5.86. The van der Waals surface area contributed by atoms with Gasteiger partial charge in [-0.15, -0.1) is 0 Å². The molecule has 0 saturated carbocycles. The number of carbonyl (C=O) groups is 1. The van der Waals surface area contributed by atoms with Gasteiger partial charge in [0.25, 0.3) is 5.56 Å². The summed E-state index contributed by atoms with van der Waals surface area (Å²) in [6.45, 7) is -0.223. The van der Waals surface area contributed by atoms with Crippen LogP contribution in [0, 0.1) is 5.82 Å². The monoisotopic (exact) mass is 363 g/mol. The molecule has 0 bridgehead atoms. The van der Waals surface area contributed by atoms with Crippen LogP contribution in [0.3, 0.4) is 0 Å². The number of anilines is 1. The Morgan fingerprint density at radius 3 is 2.78 bits per heavy atom. The molecule has 4 aromatic rings. The number of halogens is 1. The fourth-order valence-corrected chi connectivity index (χ4v) is 2.76. The Balaban J connectivity index is 1.52. The molecule has 0 aliphatic heterocycles. The molecule has 0 saturated heterocycles. The summed E-state index contributed by atoms with van der Waals surface area (Å²) in [6.07, 6.45) is 4.49.